The van der Waals surface area contributed by atoms with Crippen LogP contribution in [0.2, 0.25) is 0 Å². The number of amides is 4. The molecule has 1 heterocycles. The molecular weight excluding hydrogens is 608 g/mol. The number of unbranched alkanes of at least 4 members (excludes halogenated alkanes) is 1. The predicted octanol–water partition coefficient (Wildman–Crippen LogP) is 6.06. The Morgan fingerprint density at radius 3 is 2.00 bits per heavy atom. The highest BCUT2D eigenvalue weighted by atomic mass is 16.6. The number of nitrogens with zero attached hydrogens (tertiary/aromatic N) is 1. The third kappa shape index (κ3) is 14.8. The minimum Gasteiger partial charge on any atom is -0.489 e. The molecular formula is C38H56N4O6. The highest BCUT2D eigenvalue weighted by Gasteiger charge is 2.30. The standard InChI is InChI=1S/C38H56N4O6/c1-37(2,3)41-35(45)32(26-28-20-22-30(23-21-28)47-27-29-16-10-9-11-17-29)39-34(44)31(18-12-13-19-33(43)48-38(4,5)6)40-36(46)42-24-14-7-8-15-25-42/h9-11,16-17,20-23,31-32H,7-8,12-15,18-19,24-27H2,1-6H3,(H,39,44)(H,40,46)(H,41,45)/t31-,32-/m0/s1. The van der Waals surface area contributed by atoms with E-state index in [4.69, 9.17) is 9.47 Å². The number of benzene rings is 2. The Kier molecular flexibility index (Phi) is 14.8. The molecule has 2 atom stereocenters. The third-order valence-electron chi connectivity index (χ3n) is 7.79. The Morgan fingerprint density at radius 1 is 0.750 bits per heavy atom. The second-order valence-corrected chi connectivity index (χ2v) is 14.7. The SMILES string of the molecule is CC(C)(C)NC(=O)[C@H](Cc1ccc(OCc2ccccc2)cc1)NC(=O)[C@H](CCCCC(=O)OC(C)(C)C)NC(=O)N1CCCCCC1. The molecule has 10 nitrogen and oxygen atoms in total. The highest BCUT2D eigenvalue weighted by molar-refractivity contribution is 5.92. The molecule has 1 aliphatic rings. The van der Waals surface area contributed by atoms with Crippen molar-refractivity contribution in [3.05, 3.63) is 65.7 Å². The molecule has 3 rings (SSSR count). The number of hydrogen-bond acceptors (Lipinski definition) is 6. The van der Waals surface area contributed by atoms with Crippen LogP contribution in [0.3, 0.4) is 0 Å². The molecule has 0 bridgehead atoms. The van der Waals surface area contributed by atoms with Gasteiger partial charge in [-0.15, -0.1) is 0 Å². The van der Waals surface area contributed by atoms with E-state index in [-0.39, 0.29) is 30.7 Å². The van der Waals surface area contributed by atoms with Gasteiger partial charge in [0, 0.05) is 31.5 Å². The zero-order valence-corrected chi connectivity index (χ0v) is 29.7. The highest BCUT2D eigenvalue weighted by Crippen LogP contribution is 2.17. The monoisotopic (exact) mass is 664 g/mol. The number of nitrogens with one attached hydrogen (secondary N) is 3. The number of esters is 1. The van der Waals surface area contributed by atoms with E-state index in [1.807, 2.05) is 96.1 Å². The van der Waals surface area contributed by atoms with Gasteiger partial charge in [0.25, 0.3) is 0 Å². The zero-order chi connectivity index (χ0) is 35.2. The van der Waals surface area contributed by atoms with Crippen molar-refractivity contribution in [3.8, 4) is 5.75 Å². The third-order valence-corrected chi connectivity index (χ3v) is 7.79. The second-order valence-electron chi connectivity index (χ2n) is 14.7. The van der Waals surface area contributed by atoms with E-state index in [1.165, 1.54) is 0 Å². The molecule has 1 fully saturated rings. The number of carbonyl (C=O) groups is 4. The van der Waals surface area contributed by atoms with Crippen molar-refractivity contribution in [3.63, 3.8) is 0 Å². The molecule has 0 aliphatic carbocycles. The van der Waals surface area contributed by atoms with Crippen molar-refractivity contribution in [2.75, 3.05) is 13.1 Å². The van der Waals surface area contributed by atoms with Gasteiger partial charge in [0.2, 0.25) is 11.8 Å². The van der Waals surface area contributed by atoms with Crippen LogP contribution < -0.4 is 20.7 Å². The number of urea groups is 1. The van der Waals surface area contributed by atoms with Crippen LogP contribution in [0.4, 0.5) is 4.79 Å². The molecule has 1 aliphatic heterocycles. The van der Waals surface area contributed by atoms with Crippen molar-refractivity contribution < 1.29 is 28.7 Å². The van der Waals surface area contributed by atoms with Gasteiger partial charge in [-0.25, -0.2) is 4.79 Å². The molecule has 4 amide bonds. The van der Waals surface area contributed by atoms with Crippen LogP contribution in [0, 0.1) is 0 Å². The van der Waals surface area contributed by atoms with Crippen LogP contribution in [0.1, 0.15) is 104 Å². The average Bonchev–Trinajstić information content (AvgIpc) is 3.30. The van der Waals surface area contributed by atoms with Crippen molar-refractivity contribution in [2.45, 2.75) is 129 Å². The molecule has 0 saturated carbocycles. The molecule has 48 heavy (non-hydrogen) atoms. The fraction of sp³-hybridized carbons (Fsp3) is 0.579. The summed E-state index contributed by atoms with van der Waals surface area (Å²) in [7, 11) is 0. The van der Waals surface area contributed by atoms with Crippen molar-refractivity contribution in [1.29, 1.82) is 0 Å². The van der Waals surface area contributed by atoms with Crippen molar-refractivity contribution in [1.82, 2.24) is 20.9 Å². The maximum absolute atomic E-state index is 13.9. The summed E-state index contributed by atoms with van der Waals surface area (Å²) in [4.78, 5) is 54.7. The Labute approximate surface area is 286 Å². The summed E-state index contributed by atoms with van der Waals surface area (Å²) in [6, 6.07) is 15.3. The summed E-state index contributed by atoms with van der Waals surface area (Å²) in [5.41, 5.74) is 0.820. The molecule has 2 aromatic rings. The summed E-state index contributed by atoms with van der Waals surface area (Å²) in [6.45, 7) is 12.8. The van der Waals surface area contributed by atoms with Crippen molar-refractivity contribution >= 4 is 23.8 Å². The van der Waals surface area contributed by atoms with Crippen LogP contribution in [0.25, 0.3) is 0 Å². The summed E-state index contributed by atoms with van der Waals surface area (Å²) < 4.78 is 11.3. The summed E-state index contributed by atoms with van der Waals surface area (Å²) in [5.74, 6) is -0.354. The molecule has 0 aromatic heterocycles. The molecule has 10 heteroatoms. The van der Waals surface area contributed by atoms with Crippen LogP contribution >= 0.6 is 0 Å². The lowest BCUT2D eigenvalue weighted by Crippen LogP contribution is -2.57. The van der Waals surface area contributed by atoms with Gasteiger partial charge in [-0.3, -0.25) is 14.4 Å². The van der Waals surface area contributed by atoms with E-state index in [9.17, 15) is 19.2 Å². The predicted molar refractivity (Wildman–Crippen MR) is 187 cm³/mol. The Bertz CT molecular complexity index is 1310. The van der Waals surface area contributed by atoms with Crippen LogP contribution in [-0.4, -0.2) is 65.0 Å². The van der Waals surface area contributed by atoms with Crippen LogP contribution in [-0.2, 0) is 32.1 Å². The minimum absolute atomic E-state index is 0.216. The average molecular weight is 665 g/mol. The molecule has 2 aromatic carbocycles. The molecule has 3 N–H and O–H groups in total. The topological polar surface area (TPSA) is 126 Å². The van der Waals surface area contributed by atoms with E-state index in [2.05, 4.69) is 16.0 Å². The van der Waals surface area contributed by atoms with E-state index >= 15 is 0 Å². The van der Waals surface area contributed by atoms with E-state index in [0.717, 1.165) is 36.8 Å². The zero-order valence-electron chi connectivity index (χ0n) is 29.7. The Hall–Kier alpha value is -4.08. The first kappa shape index (κ1) is 38.4. The van der Waals surface area contributed by atoms with E-state index < -0.39 is 29.1 Å². The van der Waals surface area contributed by atoms with Crippen LogP contribution in [0.5, 0.6) is 5.75 Å². The maximum atomic E-state index is 13.9. The fourth-order valence-electron chi connectivity index (χ4n) is 5.43. The number of carbonyl (C=O) groups excluding carboxylic acids is 4. The van der Waals surface area contributed by atoms with Gasteiger partial charge in [0.05, 0.1) is 0 Å². The number of rotatable bonds is 14. The molecule has 1 saturated heterocycles. The van der Waals surface area contributed by atoms with E-state index in [1.54, 1.807) is 4.90 Å². The minimum atomic E-state index is -0.882. The smallest absolute Gasteiger partial charge is 0.318 e. The van der Waals surface area contributed by atoms with Gasteiger partial charge in [-0.05, 0) is 90.5 Å². The first-order valence-corrected chi connectivity index (χ1v) is 17.3. The second kappa shape index (κ2) is 18.5. The quantitative estimate of drug-likeness (QED) is 0.167. The summed E-state index contributed by atoms with van der Waals surface area (Å²) in [6.07, 6.45) is 5.79. The van der Waals surface area contributed by atoms with Gasteiger partial charge in [0.1, 0.15) is 30.0 Å². The number of likely N-dealkylation sites (tertiary alicyclic amines) is 1. The molecule has 0 spiro atoms. The normalized spacial score (nSPS) is 15.0. The first-order chi connectivity index (χ1) is 22.7. The van der Waals surface area contributed by atoms with Gasteiger partial charge >= 0.3 is 12.0 Å². The van der Waals surface area contributed by atoms with Crippen LogP contribution in [0.15, 0.2) is 54.6 Å². The maximum Gasteiger partial charge on any atom is 0.318 e. The number of hydrogen-bond donors (Lipinski definition) is 3. The van der Waals surface area contributed by atoms with Gasteiger partial charge in [-0.2, -0.15) is 0 Å². The molecule has 264 valence electrons. The molecule has 0 radical (unpaired) electrons. The largest absolute Gasteiger partial charge is 0.489 e. The summed E-state index contributed by atoms with van der Waals surface area (Å²) in [5, 5.41) is 8.88. The molecule has 0 unspecified atom stereocenters. The van der Waals surface area contributed by atoms with E-state index in [0.29, 0.717) is 44.7 Å². The van der Waals surface area contributed by atoms with Gasteiger partial charge < -0.3 is 30.3 Å². The first-order valence-electron chi connectivity index (χ1n) is 17.3. The van der Waals surface area contributed by atoms with Gasteiger partial charge in [-0.1, -0.05) is 61.7 Å². The lowest BCUT2D eigenvalue weighted by atomic mass is 10.0. The fourth-order valence-corrected chi connectivity index (χ4v) is 5.43. The lowest BCUT2D eigenvalue weighted by Gasteiger charge is -2.28. The van der Waals surface area contributed by atoms with Gasteiger partial charge in [0.15, 0.2) is 0 Å². The Balaban J connectivity index is 1.71. The van der Waals surface area contributed by atoms with Crippen molar-refractivity contribution in [2.24, 2.45) is 0 Å². The number of ether oxygens (including phenoxy) is 2. The Morgan fingerprint density at radius 2 is 1.40 bits per heavy atom. The lowest BCUT2D eigenvalue weighted by molar-refractivity contribution is -0.154. The summed E-state index contributed by atoms with van der Waals surface area (Å²) >= 11 is 0.